The Bertz CT molecular complexity index is 1400. The zero-order valence-corrected chi connectivity index (χ0v) is 18.2. The summed E-state index contributed by atoms with van der Waals surface area (Å²) in [7, 11) is 0. The Kier molecular flexibility index (Phi) is 4.04. The summed E-state index contributed by atoms with van der Waals surface area (Å²) < 4.78 is 21.9. The van der Waals surface area contributed by atoms with Crippen LogP contribution >= 0.6 is 11.3 Å². The van der Waals surface area contributed by atoms with Gasteiger partial charge in [0.05, 0.1) is 16.6 Å². The van der Waals surface area contributed by atoms with Crippen molar-refractivity contribution >= 4 is 38.9 Å². The van der Waals surface area contributed by atoms with E-state index in [-0.39, 0.29) is 22.6 Å². The first-order valence-electron chi connectivity index (χ1n) is 10.7. The molecule has 7 nitrogen and oxygen atoms in total. The number of benzene rings is 1. The first-order valence-corrected chi connectivity index (χ1v) is 11.5. The molecular weight excluding hydrogens is 433 g/mol. The molecule has 9 heteroatoms. The van der Waals surface area contributed by atoms with Crippen LogP contribution in [0.2, 0.25) is 0 Å². The van der Waals surface area contributed by atoms with Crippen LogP contribution in [0.5, 0.6) is 5.75 Å². The van der Waals surface area contributed by atoms with Crippen molar-refractivity contribution in [1.82, 2.24) is 4.40 Å². The predicted octanol–water partition coefficient (Wildman–Crippen LogP) is 3.75. The van der Waals surface area contributed by atoms with E-state index < -0.39 is 17.4 Å². The average Bonchev–Trinajstić information content (AvgIpc) is 3.37. The van der Waals surface area contributed by atoms with E-state index in [9.17, 15) is 9.59 Å². The van der Waals surface area contributed by atoms with Gasteiger partial charge in [0, 0.05) is 35.6 Å². The normalized spacial score (nSPS) is 28.6. The van der Waals surface area contributed by atoms with Crippen LogP contribution in [0, 0.1) is 30.5 Å². The van der Waals surface area contributed by atoms with Crippen molar-refractivity contribution in [2.24, 2.45) is 23.5 Å². The molecule has 2 fully saturated rings. The van der Waals surface area contributed by atoms with E-state index in [0.29, 0.717) is 34.4 Å². The fraction of sp³-hybridized carbons (Fsp3) is 0.391. The van der Waals surface area contributed by atoms with Crippen LogP contribution in [0.15, 0.2) is 34.5 Å². The molecule has 0 amide bonds. The topological polar surface area (TPSA) is 97.3 Å². The molecule has 1 aromatic carbocycles. The summed E-state index contributed by atoms with van der Waals surface area (Å²) in [5, 5.41) is 11.0. The molecule has 4 atom stereocenters. The van der Waals surface area contributed by atoms with Gasteiger partial charge in [-0.05, 0) is 43.7 Å². The maximum atomic E-state index is 15.4. The summed E-state index contributed by atoms with van der Waals surface area (Å²) in [6.45, 7) is 3.25. The monoisotopic (exact) mass is 455 g/mol. The molecule has 7 rings (SSSR count). The van der Waals surface area contributed by atoms with Crippen LogP contribution in [0.1, 0.15) is 18.5 Å². The standard InChI is InChI=1S/C23H22FN3O4S/c1-11-10-32-21-20(31-22(29)30)19(28)13-6-16(24)18(7-17(13)27(11)21)26-8-14-12-2-4-23(25,5-3-12)15(14)9-26/h2,4,6-7,10,12,14-15H,3,5,8-9,25H2,1H3,(H,29,30). The fourth-order valence-electron chi connectivity index (χ4n) is 6.01. The second-order valence-corrected chi connectivity index (χ2v) is 10.1. The molecule has 3 heterocycles. The van der Waals surface area contributed by atoms with Crippen molar-refractivity contribution in [2.45, 2.75) is 25.3 Å². The Hall–Kier alpha value is -2.91. The molecule has 1 aliphatic heterocycles. The summed E-state index contributed by atoms with van der Waals surface area (Å²) in [5.74, 6) is 0.344. The van der Waals surface area contributed by atoms with Gasteiger partial charge in [0.15, 0.2) is 0 Å². The third-order valence-electron chi connectivity index (χ3n) is 7.55. The Labute approximate surface area is 186 Å². The van der Waals surface area contributed by atoms with E-state index >= 15 is 4.39 Å². The summed E-state index contributed by atoms with van der Waals surface area (Å²) in [6.07, 6.45) is 4.82. The number of fused-ring (bicyclic) bond motifs is 4. The molecule has 0 radical (unpaired) electrons. The Morgan fingerprint density at radius 1 is 1.38 bits per heavy atom. The number of pyridine rings is 1. The van der Waals surface area contributed by atoms with Crippen molar-refractivity contribution in [3.8, 4) is 5.75 Å². The minimum Gasteiger partial charge on any atom is -0.449 e. The van der Waals surface area contributed by atoms with E-state index in [2.05, 4.69) is 17.1 Å². The zero-order valence-electron chi connectivity index (χ0n) is 17.4. The molecule has 4 unspecified atom stereocenters. The van der Waals surface area contributed by atoms with Gasteiger partial charge >= 0.3 is 6.16 Å². The van der Waals surface area contributed by atoms with Crippen LogP contribution in [-0.4, -0.2) is 34.3 Å². The summed E-state index contributed by atoms with van der Waals surface area (Å²) in [6, 6.07) is 2.91. The highest BCUT2D eigenvalue weighted by atomic mass is 32.1. The maximum Gasteiger partial charge on any atom is 0.511 e. The average molecular weight is 456 g/mol. The molecule has 2 bridgehead atoms. The highest BCUT2D eigenvalue weighted by Gasteiger charge is 2.52. The number of aromatic nitrogens is 1. The Morgan fingerprint density at radius 3 is 2.88 bits per heavy atom. The zero-order chi connectivity index (χ0) is 22.4. The molecule has 1 saturated carbocycles. The molecule has 166 valence electrons. The lowest BCUT2D eigenvalue weighted by Gasteiger charge is -2.47. The SMILES string of the molecule is Cc1csc2c(OC(=O)O)c(=O)c3cc(F)c(N4CC5C6C=CC(N)(CC6)C5C4)cc3n12. The third-order valence-corrected chi connectivity index (χ3v) is 8.60. The smallest absolute Gasteiger partial charge is 0.449 e. The number of halogens is 1. The molecule has 3 N–H and O–H groups in total. The third kappa shape index (κ3) is 2.61. The van der Waals surface area contributed by atoms with Crippen LogP contribution in [-0.2, 0) is 0 Å². The Morgan fingerprint density at radius 2 is 2.19 bits per heavy atom. The highest BCUT2D eigenvalue weighted by Crippen LogP contribution is 2.50. The fourth-order valence-corrected chi connectivity index (χ4v) is 6.99. The van der Waals surface area contributed by atoms with Gasteiger partial charge in [0.2, 0.25) is 11.2 Å². The number of hydrogen-bond donors (Lipinski definition) is 2. The number of carbonyl (C=O) groups is 1. The lowest BCUT2D eigenvalue weighted by Crippen LogP contribution is -2.55. The molecule has 1 saturated heterocycles. The van der Waals surface area contributed by atoms with Crippen LogP contribution in [0.3, 0.4) is 0 Å². The van der Waals surface area contributed by atoms with E-state index in [1.807, 2.05) is 12.3 Å². The molecule has 2 aromatic heterocycles. The summed E-state index contributed by atoms with van der Waals surface area (Å²) in [5.41, 5.74) is 7.52. The van der Waals surface area contributed by atoms with Gasteiger partial charge in [0.25, 0.3) is 0 Å². The molecule has 3 aliphatic carbocycles. The van der Waals surface area contributed by atoms with Crippen molar-refractivity contribution < 1.29 is 19.0 Å². The van der Waals surface area contributed by atoms with E-state index in [1.165, 1.54) is 17.4 Å². The summed E-state index contributed by atoms with van der Waals surface area (Å²) in [4.78, 5) is 26.6. The number of hydrogen-bond acceptors (Lipinski definition) is 6. The van der Waals surface area contributed by atoms with Crippen molar-refractivity contribution in [3.05, 3.63) is 51.4 Å². The number of carboxylic acid groups (broad SMARTS) is 1. The lowest BCUT2D eigenvalue weighted by atomic mass is 9.60. The van der Waals surface area contributed by atoms with Gasteiger partial charge in [-0.3, -0.25) is 4.79 Å². The number of allylic oxidation sites excluding steroid dienone is 1. The second kappa shape index (κ2) is 6.55. The predicted molar refractivity (Wildman–Crippen MR) is 120 cm³/mol. The van der Waals surface area contributed by atoms with Crippen molar-refractivity contribution in [2.75, 3.05) is 18.0 Å². The molecule has 4 aliphatic rings. The van der Waals surface area contributed by atoms with Gasteiger partial charge in [0.1, 0.15) is 10.6 Å². The van der Waals surface area contributed by atoms with E-state index in [1.54, 1.807) is 10.5 Å². The van der Waals surface area contributed by atoms with Crippen molar-refractivity contribution in [3.63, 3.8) is 0 Å². The highest BCUT2D eigenvalue weighted by molar-refractivity contribution is 7.16. The number of nitrogens with zero attached hydrogens (tertiary/aromatic N) is 2. The number of aryl methyl sites for hydroxylation is 1. The largest absolute Gasteiger partial charge is 0.511 e. The summed E-state index contributed by atoms with van der Waals surface area (Å²) >= 11 is 1.22. The van der Waals surface area contributed by atoms with Gasteiger partial charge in [-0.1, -0.05) is 12.2 Å². The molecule has 0 spiro atoms. The van der Waals surface area contributed by atoms with Gasteiger partial charge in [-0.15, -0.1) is 11.3 Å². The Balaban J connectivity index is 1.51. The molecule has 32 heavy (non-hydrogen) atoms. The van der Waals surface area contributed by atoms with Crippen LogP contribution in [0.4, 0.5) is 14.9 Å². The van der Waals surface area contributed by atoms with Crippen molar-refractivity contribution in [1.29, 1.82) is 0 Å². The van der Waals surface area contributed by atoms with Crippen LogP contribution in [0.25, 0.3) is 15.7 Å². The molecule has 3 aromatic rings. The van der Waals surface area contributed by atoms with Crippen LogP contribution < -0.4 is 20.8 Å². The lowest BCUT2D eigenvalue weighted by molar-refractivity contribution is 0.139. The van der Waals surface area contributed by atoms with Gasteiger partial charge < -0.3 is 24.9 Å². The number of nitrogens with two attached hydrogens (primary N) is 1. The molecular formula is C23H22FN3O4S. The number of rotatable bonds is 2. The maximum absolute atomic E-state index is 15.4. The van der Waals surface area contributed by atoms with E-state index in [4.69, 9.17) is 15.6 Å². The second-order valence-electron chi connectivity index (χ2n) is 9.21. The van der Waals surface area contributed by atoms with Gasteiger partial charge in [-0.25, -0.2) is 9.18 Å². The van der Waals surface area contributed by atoms with Gasteiger partial charge in [-0.2, -0.15) is 0 Å². The first kappa shape index (κ1) is 19.8. The minimum absolute atomic E-state index is 0.0927. The number of thiazole rings is 1. The van der Waals surface area contributed by atoms with E-state index in [0.717, 1.165) is 25.1 Å². The minimum atomic E-state index is -1.58. The number of anilines is 1. The number of ether oxygens (including phenoxy) is 1. The quantitative estimate of drug-likeness (QED) is 0.451. The first-order chi connectivity index (χ1) is 15.3.